The van der Waals surface area contributed by atoms with E-state index in [1.54, 1.807) is 0 Å². The van der Waals surface area contributed by atoms with Gasteiger partial charge < -0.3 is 5.32 Å². The van der Waals surface area contributed by atoms with Crippen molar-refractivity contribution in [1.29, 1.82) is 0 Å². The molecule has 1 heterocycles. The summed E-state index contributed by atoms with van der Waals surface area (Å²) in [5.74, 6) is 0.825. The molecule has 1 aliphatic carbocycles. The normalized spacial score (nSPS) is 16.1. The summed E-state index contributed by atoms with van der Waals surface area (Å²) in [7, 11) is 0. The summed E-state index contributed by atoms with van der Waals surface area (Å²) >= 11 is 0. The summed E-state index contributed by atoms with van der Waals surface area (Å²) < 4.78 is 0. The minimum Gasteiger partial charge on any atom is -0.306 e. The molecule has 0 spiro atoms. The highest BCUT2D eigenvalue weighted by Crippen LogP contribution is 2.39. The zero-order valence-corrected chi connectivity index (χ0v) is 11.0. The summed E-state index contributed by atoms with van der Waals surface area (Å²) in [5, 5.41) is 3.60. The summed E-state index contributed by atoms with van der Waals surface area (Å²) in [6, 6.07) is 8.00. The molecule has 0 atom stereocenters. The fourth-order valence-electron chi connectivity index (χ4n) is 2.35. The van der Waals surface area contributed by atoms with Gasteiger partial charge in [0.25, 0.3) is 0 Å². The van der Waals surface area contributed by atoms with Crippen molar-refractivity contribution in [3.05, 3.63) is 36.2 Å². The maximum Gasteiger partial charge on any atom is 0.0890 e. The van der Waals surface area contributed by atoms with Crippen LogP contribution in [0.25, 0.3) is 11.0 Å². The predicted molar refractivity (Wildman–Crippen MR) is 73.2 cm³/mol. The largest absolute Gasteiger partial charge is 0.306 e. The Morgan fingerprint density at radius 3 is 2.67 bits per heavy atom. The highest BCUT2D eigenvalue weighted by molar-refractivity contribution is 5.73. The molecular formula is C15H19N3. The molecular weight excluding hydrogens is 222 g/mol. The molecule has 0 amide bonds. The zero-order valence-electron chi connectivity index (χ0n) is 11.0. The number of para-hydroxylation sites is 2. The van der Waals surface area contributed by atoms with Crippen LogP contribution in [0, 0.1) is 5.92 Å². The topological polar surface area (TPSA) is 37.8 Å². The second-order valence-electron chi connectivity index (χ2n) is 5.70. The highest BCUT2D eigenvalue weighted by atomic mass is 15.0. The van der Waals surface area contributed by atoms with Gasteiger partial charge in [-0.1, -0.05) is 12.1 Å². The fourth-order valence-corrected chi connectivity index (χ4v) is 2.35. The first-order valence-corrected chi connectivity index (χ1v) is 6.61. The lowest BCUT2D eigenvalue weighted by atomic mass is 9.99. The molecule has 3 nitrogen and oxygen atoms in total. The minimum atomic E-state index is 0.216. The average molecular weight is 241 g/mol. The van der Waals surface area contributed by atoms with Gasteiger partial charge in [-0.25, -0.2) is 4.98 Å². The number of nitrogens with one attached hydrogen (secondary N) is 1. The van der Waals surface area contributed by atoms with Gasteiger partial charge in [0, 0.05) is 12.1 Å². The van der Waals surface area contributed by atoms with Gasteiger partial charge in [0.05, 0.1) is 22.9 Å². The molecule has 1 aromatic heterocycles. The van der Waals surface area contributed by atoms with E-state index in [1.165, 1.54) is 12.8 Å². The van der Waals surface area contributed by atoms with Crippen LogP contribution in [0.4, 0.5) is 0 Å². The van der Waals surface area contributed by atoms with E-state index >= 15 is 0 Å². The molecule has 0 unspecified atom stereocenters. The van der Waals surface area contributed by atoms with E-state index in [9.17, 15) is 0 Å². The van der Waals surface area contributed by atoms with Gasteiger partial charge in [0.1, 0.15) is 0 Å². The summed E-state index contributed by atoms with van der Waals surface area (Å²) in [6.07, 6.45) is 4.57. The zero-order chi connectivity index (χ0) is 12.6. The Morgan fingerprint density at radius 2 is 1.94 bits per heavy atom. The Labute approximate surface area is 108 Å². The first kappa shape index (κ1) is 11.6. The number of nitrogens with zero attached hydrogens (tertiary/aromatic N) is 2. The van der Waals surface area contributed by atoms with E-state index in [2.05, 4.69) is 29.1 Å². The van der Waals surface area contributed by atoms with Crippen LogP contribution in [0.1, 0.15) is 32.4 Å². The van der Waals surface area contributed by atoms with Gasteiger partial charge in [-0.05, 0) is 44.7 Å². The fraction of sp³-hybridized carbons (Fsp3) is 0.467. The molecule has 0 radical (unpaired) electrons. The number of hydrogen-bond acceptors (Lipinski definition) is 3. The number of benzene rings is 1. The van der Waals surface area contributed by atoms with Crippen molar-refractivity contribution < 1.29 is 0 Å². The minimum absolute atomic E-state index is 0.216. The van der Waals surface area contributed by atoms with Crippen molar-refractivity contribution in [3.8, 4) is 0 Å². The Kier molecular flexibility index (Phi) is 2.78. The molecule has 0 saturated heterocycles. The van der Waals surface area contributed by atoms with Gasteiger partial charge in [-0.2, -0.15) is 0 Å². The first-order chi connectivity index (χ1) is 8.65. The Bertz CT molecular complexity index is 558. The molecule has 1 fully saturated rings. The van der Waals surface area contributed by atoms with Crippen LogP contribution in [0.2, 0.25) is 0 Å². The van der Waals surface area contributed by atoms with Crippen LogP contribution >= 0.6 is 0 Å². The third-order valence-corrected chi connectivity index (χ3v) is 3.82. The number of fused-ring (bicyclic) bond motifs is 1. The lowest BCUT2D eigenvalue weighted by Crippen LogP contribution is -2.40. The van der Waals surface area contributed by atoms with Crippen molar-refractivity contribution in [2.24, 2.45) is 5.92 Å². The average Bonchev–Trinajstić information content (AvgIpc) is 3.21. The monoisotopic (exact) mass is 241 g/mol. The van der Waals surface area contributed by atoms with Crippen LogP contribution < -0.4 is 5.32 Å². The van der Waals surface area contributed by atoms with Gasteiger partial charge >= 0.3 is 0 Å². The Balaban J connectivity index is 1.74. The molecule has 1 saturated carbocycles. The molecule has 1 aliphatic rings. The molecule has 1 N–H and O–H groups in total. The third kappa shape index (κ3) is 2.36. The van der Waals surface area contributed by atoms with E-state index in [0.29, 0.717) is 0 Å². The highest BCUT2D eigenvalue weighted by Gasteiger charge is 2.37. The first-order valence-electron chi connectivity index (χ1n) is 6.61. The molecule has 1 aromatic carbocycles. The second kappa shape index (κ2) is 4.32. The smallest absolute Gasteiger partial charge is 0.0890 e. The molecule has 0 bridgehead atoms. The van der Waals surface area contributed by atoms with Crippen LogP contribution in [0.15, 0.2) is 30.5 Å². The van der Waals surface area contributed by atoms with Gasteiger partial charge in [-0.15, -0.1) is 0 Å². The molecule has 94 valence electrons. The maximum absolute atomic E-state index is 4.63. The molecule has 3 rings (SSSR count). The second-order valence-corrected chi connectivity index (χ2v) is 5.70. The van der Waals surface area contributed by atoms with Crippen molar-refractivity contribution in [1.82, 2.24) is 15.3 Å². The van der Waals surface area contributed by atoms with Gasteiger partial charge in [0.2, 0.25) is 0 Å². The van der Waals surface area contributed by atoms with E-state index in [1.807, 2.05) is 30.5 Å². The lowest BCUT2D eigenvalue weighted by Gasteiger charge is -2.26. The maximum atomic E-state index is 4.63. The van der Waals surface area contributed by atoms with E-state index in [-0.39, 0.29) is 5.54 Å². The standard InChI is InChI=1S/C15H19N3/c1-15(2,11-7-8-11)17-10-12-9-16-13-5-3-4-6-14(13)18-12/h3-6,9,11,17H,7-8,10H2,1-2H3. The molecule has 18 heavy (non-hydrogen) atoms. The van der Waals surface area contributed by atoms with E-state index < -0.39 is 0 Å². The van der Waals surface area contributed by atoms with Crippen LogP contribution in [-0.2, 0) is 6.54 Å². The van der Waals surface area contributed by atoms with Crippen LogP contribution in [0.5, 0.6) is 0 Å². The quantitative estimate of drug-likeness (QED) is 0.894. The van der Waals surface area contributed by atoms with E-state index in [4.69, 9.17) is 0 Å². The molecule has 3 heteroatoms. The Hall–Kier alpha value is -1.48. The van der Waals surface area contributed by atoms with Crippen LogP contribution in [-0.4, -0.2) is 15.5 Å². The number of rotatable bonds is 4. The van der Waals surface area contributed by atoms with Crippen molar-refractivity contribution in [3.63, 3.8) is 0 Å². The van der Waals surface area contributed by atoms with Gasteiger partial charge in [0.15, 0.2) is 0 Å². The van der Waals surface area contributed by atoms with Crippen molar-refractivity contribution >= 4 is 11.0 Å². The van der Waals surface area contributed by atoms with Gasteiger partial charge in [-0.3, -0.25) is 4.98 Å². The van der Waals surface area contributed by atoms with E-state index in [0.717, 1.165) is 29.2 Å². The Morgan fingerprint density at radius 1 is 1.22 bits per heavy atom. The van der Waals surface area contributed by atoms with Crippen molar-refractivity contribution in [2.75, 3.05) is 0 Å². The number of aromatic nitrogens is 2. The third-order valence-electron chi connectivity index (χ3n) is 3.82. The lowest BCUT2D eigenvalue weighted by molar-refractivity contribution is 0.337. The molecule has 0 aliphatic heterocycles. The predicted octanol–water partition coefficient (Wildman–Crippen LogP) is 2.91. The SMILES string of the molecule is CC(C)(NCc1cnc2ccccc2n1)C1CC1. The summed E-state index contributed by atoms with van der Waals surface area (Å²) in [5.41, 5.74) is 3.17. The number of hydrogen-bond donors (Lipinski definition) is 1. The summed E-state index contributed by atoms with van der Waals surface area (Å²) in [6.45, 7) is 5.35. The summed E-state index contributed by atoms with van der Waals surface area (Å²) in [4.78, 5) is 9.07. The van der Waals surface area contributed by atoms with Crippen LogP contribution in [0.3, 0.4) is 0 Å². The van der Waals surface area contributed by atoms with Crippen molar-refractivity contribution in [2.45, 2.75) is 38.8 Å². The molecule has 2 aromatic rings.